The van der Waals surface area contributed by atoms with Crippen LogP contribution < -0.4 is 5.32 Å². The van der Waals surface area contributed by atoms with Crippen LogP contribution in [0.2, 0.25) is 0 Å². The van der Waals surface area contributed by atoms with Crippen LogP contribution in [0.1, 0.15) is 12.5 Å². The molecule has 2 aliphatic heterocycles. The summed E-state index contributed by atoms with van der Waals surface area (Å²) in [6.45, 7) is 1.96. The number of halogens is 1. The molecule has 0 aromatic heterocycles. The summed E-state index contributed by atoms with van der Waals surface area (Å²) in [4.78, 5) is 21.0. The number of nitro groups is 1. The molecular weight excluding hydrogens is 292 g/mol. The number of amides is 1. The number of nitrogens with one attached hydrogen (secondary N) is 1. The quantitative estimate of drug-likeness (QED) is 0.491. The lowest BCUT2D eigenvalue weighted by molar-refractivity contribution is -0.385. The van der Waals surface area contributed by atoms with Crippen LogP contribution in [0.3, 0.4) is 0 Å². The van der Waals surface area contributed by atoms with Gasteiger partial charge in [-0.3, -0.25) is 15.4 Å². The second kappa shape index (κ2) is 6.19. The van der Waals surface area contributed by atoms with E-state index in [1.54, 1.807) is 12.1 Å². The van der Waals surface area contributed by atoms with Gasteiger partial charge in [0.05, 0.1) is 16.2 Å². The fourth-order valence-electron chi connectivity index (χ4n) is 1.23. The first kappa shape index (κ1) is 13.4. The van der Waals surface area contributed by atoms with Gasteiger partial charge in [-0.2, -0.15) is 0 Å². The predicted molar refractivity (Wildman–Crippen MR) is 66.4 cm³/mol. The van der Waals surface area contributed by atoms with Gasteiger partial charge in [-0.05, 0) is 12.1 Å². The monoisotopic (exact) mass is 302 g/mol. The molecule has 6 nitrogen and oxygen atoms in total. The van der Waals surface area contributed by atoms with Crippen molar-refractivity contribution in [2.24, 2.45) is 0 Å². The highest BCUT2D eigenvalue weighted by atomic mass is 79.9. The van der Waals surface area contributed by atoms with Gasteiger partial charge in [-0.1, -0.05) is 22.9 Å². The van der Waals surface area contributed by atoms with Crippen molar-refractivity contribution in [3.05, 3.63) is 33.9 Å². The maximum Gasteiger partial charge on any atom is 0.411 e. The number of hydrogen-bond acceptors (Lipinski definition) is 4. The number of nitro benzene ring substituents is 1. The largest absolute Gasteiger partial charge is 0.444 e. The molecule has 3 rings (SSSR count). The van der Waals surface area contributed by atoms with Gasteiger partial charge >= 0.3 is 6.09 Å². The Morgan fingerprint density at radius 1 is 1.59 bits per heavy atom. The van der Waals surface area contributed by atoms with E-state index in [9.17, 15) is 14.9 Å². The van der Waals surface area contributed by atoms with Crippen LogP contribution in [0.5, 0.6) is 0 Å². The highest BCUT2D eigenvalue weighted by molar-refractivity contribution is 9.09. The normalized spacial score (nSPS) is 12.5. The molecular formula is C10H11BrN2O4. The predicted octanol–water partition coefficient (Wildman–Crippen LogP) is 3.06. The molecule has 0 atom stereocenters. The van der Waals surface area contributed by atoms with Crippen molar-refractivity contribution in [2.45, 2.75) is 13.5 Å². The van der Waals surface area contributed by atoms with Crippen molar-refractivity contribution in [3.63, 3.8) is 0 Å². The molecule has 0 aliphatic carbocycles. The molecule has 92 valence electrons. The molecule has 1 amide bonds. The maximum absolute atomic E-state index is 10.9. The van der Waals surface area contributed by atoms with Gasteiger partial charge in [-0.15, -0.1) is 0 Å². The fourth-order valence-corrected chi connectivity index (χ4v) is 1.23. The average molecular weight is 303 g/mol. The minimum absolute atomic E-state index is 0.0394. The standard InChI is InChI=1S/C8H6N2O4.C2H5Br/c11-8-9-6-2-1-5(4-14-8)7(3-6)10(12)13;1-2-3/h1-3H,4H2,(H,9,11);2H2,1H3. The van der Waals surface area contributed by atoms with E-state index in [0.717, 1.165) is 5.33 Å². The number of benzene rings is 1. The highest BCUT2D eigenvalue weighted by Crippen LogP contribution is 2.26. The van der Waals surface area contributed by atoms with Gasteiger partial charge in [0.15, 0.2) is 0 Å². The zero-order chi connectivity index (χ0) is 12.8. The van der Waals surface area contributed by atoms with Crippen molar-refractivity contribution in [1.82, 2.24) is 0 Å². The third-order valence-electron chi connectivity index (χ3n) is 1.89. The van der Waals surface area contributed by atoms with Crippen molar-refractivity contribution in [3.8, 4) is 0 Å². The van der Waals surface area contributed by atoms with E-state index < -0.39 is 11.0 Å². The third kappa shape index (κ3) is 3.70. The zero-order valence-corrected chi connectivity index (χ0v) is 10.7. The Labute approximate surface area is 106 Å². The van der Waals surface area contributed by atoms with E-state index in [-0.39, 0.29) is 12.3 Å². The van der Waals surface area contributed by atoms with E-state index in [2.05, 4.69) is 21.2 Å². The highest BCUT2D eigenvalue weighted by Gasteiger charge is 2.19. The third-order valence-corrected chi connectivity index (χ3v) is 1.89. The lowest BCUT2D eigenvalue weighted by Gasteiger charge is -2.12. The maximum atomic E-state index is 10.9. The van der Waals surface area contributed by atoms with Crippen LogP contribution in [0, 0.1) is 10.1 Å². The lowest BCUT2D eigenvalue weighted by Crippen LogP contribution is -2.16. The van der Waals surface area contributed by atoms with Crippen LogP contribution in [0.15, 0.2) is 18.2 Å². The Kier molecular flexibility index (Phi) is 4.89. The number of anilines is 1. The van der Waals surface area contributed by atoms with E-state index in [0.29, 0.717) is 11.3 Å². The number of alkyl halides is 1. The molecule has 2 heterocycles. The van der Waals surface area contributed by atoms with Crippen LogP contribution >= 0.6 is 15.9 Å². The molecule has 0 saturated carbocycles. The summed E-state index contributed by atoms with van der Waals surface area (Å²) in [7, 11) is 0. The van der Waals surface area contributed by atoms with Crippen LogP contribution in [0.25, 0.3) is 0 Å². The number of carbonyl (C=O) groups excluding carboxylic acids is 1. The molecule has 0 radical (unpaired) electrons. The SMILES string of the molecule is CCBr.O=C1Nc2ccc(c([N+](=O)[O-])c2)CO1. The van der Waals surface area contributed by atoms with Gasteiger partial charge in [-0.25, -0.2) is 4.79 Å². The average Bonchev–Trinajstić information content (AvgIpc) is 2.24. The molecule has 0 saturated heterocycles. The Hall–Kier alpha value is -1.63. The van der Waals surface area contributed by atoms with Gasteiger partial charge in [0.25, 0.3) is 5.69 Å². The van der Waals surface area contributed by atoms with Crippen LogP contribution in [0.4, 0.5) is 16.2 Å². The van der Waals surface area contributed by atoms with E-state index in [1.807, 2.05) is 6.92 Å². The Bertz CT molecular complexity index is 436. The van der Waals surface area contributed by atoms with Gasteiger partial charge in [0, 0.05) is 11.4 Å². The van der Waals surface area contributed by atoms with Crippen molar-refractivity contribution in [1.29, 1.82) is 0 Å². The number of nitrogens with zero attached hydrogens (tertiary/aromatic N) is 1. The summed E-state index contributed by atoms with van der Waals surface area (Å²) >= 11 is 3.15. The van der Waals surface area contributed by atoms with Crippen molar-refractivity contribution in [2.75, 3.05) is 10.6 Å². The number of fused-ring (bicyclic) bond motifs is 5. The molecule has 0 fully saturated rings. The second-order valence-electron chi connectivity index (χ2n) is 3.07. The van der Waals surface area contributed by atoms with Crippen molar-refractivity contribution >= 4 is 33.4 Å². The Morgan fingerprint density at radius 3 is 2.82 bits per heavy atom. The van der Waals surface area contributed by atoms with E-state index in [1.165, 1.54) is 6.07 Å². The number of rotatable bonds is 1. The summed E-state index contributed by atoms with van der Waals surface area (Å²) in [5.41, 5.74) is 0.723. The summed E-state index contributed by atoms with van der Waals surface area (Å²) in [6.07, 6.45) is -0.597. The molecule has 0 unspecified atom stereocenters. The van der Waals surface area contributed by atoms with Crippen molar-refractivity contribution < 1.29 is 14.5 Å². The fraction of sp³-hybridized carbons (Fsp3) is 0.300. The topological polar surface area (TPSA) is 81.5 Å². The first-order valence-corrected chi connectivity index (χ1v) is 5.97. The molecule has 2 aliphatic rings. The van der Waals surface area contributed by atoms with Gasteiger partial charge in [0.2, 0.25) is 0 Å². The number of ether oxygens (including phenoxy) is 1. The number of carbonyl (C=O) groups is 1. The van der Waals surface area contributed by atoms with Gasteiger partial charge in [0.1, 0.15) is 6.61 Å². The van der Waals surface area contributed by atoms with E-state index >= 15 is 0 Å². The smallest absolute Gasteiger partial charge is 0.411 e. The lowest BCUT2D eigenvalue weighted by atomic mass is 10.1. The van der Waals surface area contributed by atoms with Crippen LogP contribution in [-0.2, 0) is 11.3 Å². The summed E-state index contributed by atoms with van der Waals surface area (Å²) in [6, 6.07) is 4.48. The summed E-state index contributed by atoms with van der Waals surface area (Å²) < 4.78 is 4.69. The molecule has 17 heavy (non-hydrogen) atoms. The Balaban J connectivity index is 0.000000437. The second-order valence-corrected chi connectivity index (χ2v) is 4.19. The minimum atomic E-state index is -0.597. The summed E-state index contributed by atoms with van der Waals surface area (Å²) in [5.74, 6) is 0. The molecule has 7 heteroatoms. The summed E-state index contributed by atoms with van der Waals surface area (Å²) in [5, 5.41) is 14.0. The Morgan fingerprint density at radius 2 is 2.24 bits per heavy atom. The first-order valence-electron chi connectivity index (χ1n) is 4.85. The van der Waals surface area contributed by atoms with E-state index in [4.69, 9.17) is 4.74 Å². The van der Waals surface area contributed by atoms with Gasteiger partial charge < -0.3 is 4.74 Å². The minimum Gasteiger partial charge on any atom is -0.444 e. The molecule has 1 aromatic rings. The molecule has 2 bridgehead atoms. The number of hydrogen-bond donors (Lipinski definition) is 1. The molecule has 0 spiro atoms. The first-order chi connectivity index (χ1) is 8.08. The zero-order valence-electron chi connectivity index (χ0n) is 9.10. The molecule has 1 N–H and O–H groups in total. The van der Waals surface area contributed by atoms with Crippen LogP contribution in [-0.4, -0.2) is 16.3 Å². The molecule has 1 aromatic carbocycles.